The molecule has 0 aliphatic heterocycles. The van der Waals surface area contributed by atoms with Crippen molar-refractivity contribution >= 4 is 22.9 Å². The molecule has 1 heterocycles. The molecule has 1 aromatic carbocycles. The average Bonchev–Trinajstić information content (AvgIpc) is 3.05. The van der Waals surface area contributed by atoms with Crippen molar-refractivity contribution in [1.29, 1.82) is 0 Å². The molecule has 0 radical (unpaired) electrons. The predicted octanol–water partition coefficient (Wildman–Crippen LogP) is 4.05. The first-order valence-corrected chi connectivity index (χ1v) is 6.99. The van der Waals surface area contributed by atoms with Crippen LogP contribution in [0.4, 0.5) is 0 Å². The second-order valence-electron chi connectivity index (χ2n) is 4.52. The lowest BCUT2D eigenvalue weighted by molar-refractivity contribution is 0.0602. The summed E-state index contributed by atoms with van der Waals surface area (Å²) in [7, 11) is 0. The molecule has 1 unspecified atom stereocenters. The molecule has 2 aromatic rings. The molecule has 88 valence electrons. The van der Waals surface area contributed by atoms with Crippen molar-refractivity contribution in [2.24, 2.45) is 5.92 Å². The predicted molar refractivity (Wildman–Crippen MR) is 71.5 cm³/mol. The van der Waals surface area contributed by atoms with Crippen molar-refractivity contribution in [2.45, 2.75) is 18.4 Å². The SMILES string of the molecule is OC(c1ccc(Cl)cc1)(c1cccs1)C1CC1. The highest BCUT2D eigenvalue weighted by molar-refractivity contribution is 7.10. The number of rotatable bonds is 3. The Morgan fingerprint density at radius 2 is 1.88 bits per heavy atom. The highest BCUT2D eigenvalue weighted by atomic mass is 35.5. The van der Waals surface area contributed by atoms with E-state index in [1.54, 1.807) is 11.3 Å². The van der Waals surface area contributed by atoms with Crippen LogP contribution in [-0.2, 0) is 5.60 Å². The molecule has 17 heavy (non-hydrogen) atoms. The average molecular weight is 265 g/mol. The number of benzene rings is 1. The summed E-state index contributed by atoms with van der Waals surface area (Å²) < 4.78 is 0. The van der Waals surface area contributed by atoms with E-state index in [9.17, 15) is 5.11 Å². The largest absolute Gasteiger partial charge is 0.379 e. The first-order chi connectivity index (χ1) is 8.21. The summed E-state index contributed by atoms with van der Waals surface area (Å²) in [4.78, 5) is 1.03. The van der Waals surface area contributed by atoms with E-state index in [-0.39, 0.29) is 0 Å². The molecule has 1 saturated carbocycles. The molecule has 0 amide bonds. The van der Waals surface area contributed by atoms with Gasteiger partial charge in [0.05, 0.1) is 0 Å². The van der Waals surface area contributed by atoms with Crippen LogP contribution < -0.4 is 0 Å². The number of halogens is 1. The summed E-state index contributed by atoms with van der Waals surface area (Å²) in [5.74, 6) is 0.349. The van der Waals surface area contributed by atoms with Crippen molar-refractivity contribution in [3.8, 4) is 0 Å². The molecule has 0 bridgehead atoms. The van der Waals surface area contributed by atoms with Gasteiger partial charge >= 0.3 is 0 Å². The third-order valence-electron chi connectivity index (χ3n) is 3.35. The minimum absolute atomic E-state index is 0.349. The Labute approximate surface area is 110 Å². The van der Waals surface area contributed by atoms with Crippen molar-refractivity contribution in [2.75, 3.05) is 0 Å². The standard InChI is InChI=1S/C14H13ClOS/c15-12-7-5-11(6-8-12)14(16,10-3-4-10)13-2-1-9-17-13/h1-2,5-10,16H,3-4H2. The van der Waals surface area contributed by atoms with Crippen molar-refractivity contribution in [3.05, 3.63) is 57.2 Å². The number of hydrogen-bond donors (Lipinski definition) is 1. The Morgan fingerprint density at radius 1 is 1.18 bits per heavy atom. The Kier molecular flexibility index (Phi) is 2.74. The Balaban J connectivity index is 2.08. The molecule has 1 aromatic heterocycles. The zero-order chi connectivity index (χ0) is 11.9. The van der Waals surface area contributed by atoms with Crippen LogP contribution in [0.5, 0.6) is 0 Å². The van der Waals surface area contributed by atoms with Crippen LogP contribution in [-0.4, -0.2) is 5.11 Å². The maximum absolute atomic E-state index is 11.0. The smallest absolute Gasteiger partial charge is 0.126 e. The van der Waals surface area contributed by atoms with E-state index in [2.05, 4.69) is 0 Å². The van der Waals surface area contributed by atoms with Gasteiger partial charge in [-0.15, -0.1) is 11.3 Å². The van der Waals surface area contributed by atoms with Gasteiger partial charge in [-0.1, -0.05) is 29.8 Å². The fraction of sp³-hybridized carbons (Fsp3) is 0.286. The van der Waals surface area contributed by atoms with Gasteiger partial charge in [0.25, 0.3) is 0 Å². The van der Waals surface area contributed by atoms with Crippen LogP contribution in [0.1, 0.15) is 23.3 Å². The van der Waals surface area contributed by atoms with Crippen LogP contribution >= 0.6 is 22.9 Å². The maximum Gasteiger partial charge on any atom is 0.126 e. The van der Waals surface area contributed by atoms with Crippen molar-refractivity contribution in [1.82, 2.24) is 0 Å². The zero-order valence-corrected chi connectivity index (χ0v) is 10.8. The summed E-state index contributed by atoms with van der Waals surface area (Å²) in [5.41, 5.74) is 0.130. The Bertz CT molecular complexity index is 502. The van der Waals surface area contributed by atoms with E-state index in [0.29, 0.717) is 10.9 Å². The van der Waals surface area contributed by atoms with Crippen LogP contribution in [0.3, 0.4) is 0 Å². The van der Waals surface area contributed by atoms with Crippen LogP contribution in [0, 0.1) is 5.92 Å². The maximum atomic E-state index is 11.0. The van der Waals surface area contributed by atoms with Crippen molar-refractivity contribution < 1.29 is 5.11 Å². The summed E-state index contributed by atoms with van der Waals surface area (Å²) in [6, 6.07) is 11.6. The molecule has 0 spiro atoms. The lowest BCUT2D eigenvalue weighted by Crippen LogP contribution is -2.28. The first kappa shape index (κ1) is 11.3. The topological polar surface area (TPSA) is 20.2 Å². The molecule has 1 nitrogen and oxygen atoms in total. The fourth-order valence-electron chi connectivity index (χ4n) is 2.28. The number of thiophene rings is 1. The Morgan fingerprint density at radius 3 is 2.41 bits per heavy atom. The van der Waals surface area contributed by atoms with Gasteiger partial charge in [0.2, 0.25) is 0 Å². The van der Waals surface area contributed by atoms with Crippen LogP contribution in [0.15, 0.2) is 41.8 Å². The molecule has 1 aliphatic carbocycles. The first-order valence-electron chi connectivity index (χ1n) is 5.73. The van der Waals surface area contributed by atoms with Crippen molar-refractivity contribution in [3.63, 3.8) is 0 Å². The Hall–Kier alpha value is -0.830. The van der Waals surface area contributed by atoms with Gasteiger partial charge in [0.1, 0.15) is 5.60 Å². The minimum atomic E-state index is -0.821. The molecule has 0 saturated heterocycles. The molecule has 1 atom stereocenters. The second kappa shape index (κ2) is 4.13. The molecule has 1 N–H and O–H groups in total. The molecular weight excluding hydrogens is 252 g/mol. The van der Waals surface area contributed by atoms with E-state index in [1.165, 1.54) is 0 Å². The lowest BCUT2D eigenvalue weighted by atomic mass is 9.87. The minimum Gasteiger partial charge on any atom is -0.379 e. The van der Waals surface area contributed by atoms with E-state index in [0.717, 1.165) is 23.3 Å². The molecule has 1 aliphatic rings. The lowest BCUT2D eigenvalue weighted by Gasteiger charge is -2.27. The molecular formula is C14H13ClOS. The van der Waals surface area contributed by atoms with Gasteiger partial charge in [-0.05, 0) is 47.9 Å². The van der Waals surface area contributed by atoms with E-state index in [1.807, 2.05) is 41.8 Å². The molecule has 1 fully saturated rings. The normalized spacial score (nSPS) is 18.9. The van der Waals surface area contributed by atoms with Gasteiger partial charge < -0.3 is 5.11 Å². The highest BCUT2D eigenvalue weighted by Gasteiger charge is 2.46. The van der Waals surface area contributed by atoms with E-state index >= 15 is 0 Å². The summed E-state index contributed by atoms with van der Waals surface area (Å²) in [6.07, 6.45) is 2.19. The van der Waals surface area contributed by atoms with Crippen LogP contribution in [0.2, 0.25) is 5.02 Å². The number of aliphatic hydroxyl groups is 1. The molecule has 3 rings (SSSR count). The van der Waals surface area contributed by atoms with Gasteiger partial charge in [-0.3, -0.25) is 0 Å². The summed E-state index contributed by atoms with van der Waals surface area (Å²) in [5, 5.41) is 13.8. The van der Waals surface area contributed by atoms with Gasteiger partial charge in [-0.25, -0.2) is 0 Å². The van der Waals surface area contributed by atoms with Gasteiger partial charge in [0, 0.05) is 9.90 Å². The molecule has 3 heteroatoms. The fourth-order valence-corrected chi connectivity index (χ4v) is 3.33. The zero-order valence-electron chi connectivity index (χ0n) is 9.27. The third-order valence-corrected chi connectivity index (χ3v) is 4.60. The van der Waals surface area contributed by atoms with Crippen LogP contribution in [0.25, 0.3) is 0 Å². The summed E-state index contributed by atoms with van der Waals surface area (Å²) >= 11 is 7.52. The van der Waals surface area contributed by atoms with Gasteiger partial charge in [-0.2, -0.15) is 0 Å². The van der Waals surface area contributed by atoms with E-state index < -0.39 is 5.60 Å². The summed E-state index contributed by atoms with van der Waals surface area (Å²) in [6.45, 7) is 0. The monoisotopic (exact) mass is 264 g/mol. The quantitative estimate of drug-likeness (QED) is 0.887. The number of hydrogen-bond acceptors (Lipinski definition) is 2. The van der Waals surface area contributed by atoms with E-state index in [4.69, 9.17) is 11.6 Å². The second-order valence-corrected chi connectivity index (χ2v) is 5.91. The highest BCUT2D eigenvalue weighted by Crippen LogP contribution is 2.50. The van der Waals surface area contributed by atoms with Gasteiger partial charge in [0.15, 0.2) is 0 Å². The third kappa shape index (κ3) is 1.90.